The van der Waals surface area contributed by atoms with Crippen molar-refractivity contribution in [1.82, 2.24) is 4.90 Å². The van der Waals surface area contributed by atoms with Crippen molar-refractivity contribution in [3.63, 3.8) is 0 Å². The summed E-state index contributed by atoms with van der Waals surface area (Å²) in [5.41, 5.74) is 0.790. The zero-order chi connectivity index (χ0) is 15.9. The summed E-state index contributed by atoms with van der Waals surface area (Å²) < 4.78 is 5.10. The minimum atomic E-state index is -0.266. The van der Waals surface area contributed by atoms with E-state index in [9.17, 15) is 9.59 Å². The van der Waals surface area contributed by atoms with Gasteiger partial charge in [0.25, 0.3) is 0 Å². The van der Waals surface area contributed by atoms with Crippen LogP contribution in [0.1, 0.15) is 26.7 Å². The summed E-state index contributed by atoms with van der Waals surface area (Å²) in [6.07, 6.45) is 1.74. The molecule has 5 nitrogen and oxygen atoms in total. The number of hydrogen-bond donors (Lipinski definition) is 1. The molecular formula is C17H24N2O3. The standard InChI is InChI=1S/C17H24N2O3/c1-3-22-17(21)14-8-7-11-19(12-14)13(2)16(20)18-15-9-5-4-6-10-15/h4-6,9-10,13-14H,3,7-8,11-12H2,1-2H3,(H,18,20)/t13-,14+/m0/s1. The first-order valence-electron chi connectivity index (χ1n) is 7.88. The molecule has 0 saturated carbocycles. The maximum atomic E-state index is 12.3. The van der Waals surface area contributed by atoms with E-state index in [4.69, 9.17) is 4.74 Å². The molecule has 2 rings (SSSR count). The predicted molar refractivity (Wildman–Crippen MR) is 85.5 cm³/mol. The molecular weight excluding hydrogens is 280 g/mol. The van der Waals surface area contributed by atoms with Gasteiger partial charge in [0.05, 0.1) is 18.6 Å². The quantitative estimate of drug-likeness (QED) is 0.848. The smallest absolute Gasteiger partial charge is 0.310 e. The lowest BCUT2D eigenvalue weighted by Gasteiger charge is -2.35. The summed E-state index contributed by atoms with van der Waals surface area (Å²) in [5.74, 6) is -0.320. The first kappa shape index (κ1) is 16.5. The van der Waals surface area contributed by atoms with Crippen molar-refractivity contribution in [2.45, 2.75) is 32.7 Å². The second kappa shape index (κ2) is 7.94. The summed E-state index contributed by atoms with van der Waals surface area (Å²) in [6.45, 7) is 5.51. The minimum Gasteiger partial charge on any atom is -0.466 e. The van der Waals surface area contributed by atoms with Crippen LogP contribution in [0.15, 0.2) is 30.3 Å². The highest BCUT2D eigenvalue weighted by atomic mass is 16.5. The zero-order valence-electron chi connectivity index (χ0n) is 13.2. The molecule has 1 N–H and O–H groups in total. The number of likely N-dealkylation sites (tertiary alicyclic amines) is 1. The third kappa shape index (κ3) is 4.31. The Morgan fingerprint density at radius 1 is 1.36 bits per heavy atom. The number of carbonyl (C=O) groups excluding carboxylic acids is 2. The Labute approximate surface area is 131 Å². The molecule has 1 heterocycles. The molecule has 0 bridgehead atoms. The van der Waals surface area contributed by atoms with Crippen molar-refractivity contribution in [2.75, 3.05) is 25.0 Å². The van der Waals surface area contributed by atoms with E-state index in [2.05, 4.69) is 10.2 Å². The number of piperidine rings is 1. The number of para-hydroxylation sites is 1. The Kier molecular flexibility index (Phi) is 5.95. The normalized spacial score (nSPS) is 20.2. The van der Waals surface area contributed by atoms with Crippen LogP contribution in [0.2, 0.25) is 0 Å². The third-order valence-electron chi connectivity index (χ3n) is 4.04. The van der Waals surface area contributed by atoms with E-state index in [1.165, 1.54) is 0 Å². The van der Waals surface area contributed by atoms with Gasteiger partial charge in [-0.15, -0.1) is 0 Å². The molecule has 1 aromatic rings. The molecule has 5 heteroatoms. The minimum absolute atomic E-state index is 0.0456. The lowest BCUT2D eigenvalue weighted by atomic mass is 9.97. The van der Waals surface area contributed by atoms with Gasteiger partial charge in [0.15, 0.2) is 0 Å². The molecule has 0 radical (unpaired) electrons. The van der Waals surface area contributed by atoms with E-state index in [0.29, 0.717) is 13.2 Å². The molecule has 0 aromatic heterocycles. The SMILES string of the molecule is CCOC(=O)[C@@H]1CCCN([C@@H](C)C(=O)Nc2ccccc2)C1. The number of carbonyl (C=O) groups is 2. The molecule has 1 amide bonds. The Bertz CT molecular complexity index is 504. The van der Waals surface area contributed by atoms with Crippen LogP contribution in [0.3, 0.4) is 0 Å². The van der Waals surface area contributed by atoms with Crippen LogP contribution in [0.5, 0.6) is 0 Å². The van der Waals surface area contributed by atoms with Gasteiger partial charge in [-0.1, -0.05) is 18.2 Å². The van der Waals surface area contributed by atoms with Crippen molar-refractivity contribution in [2.24, 2.45) is 5.92 Å². The van der Waals surface area contributed by atoms with Crippen LogP contribution in [-0.2, 0) is 14.3 Å². The van der Waals surface area contributed by atoms with Crippen LogP contribution in [-0.4, -0.2) is 42.5 Å². The first-order chi connectivity index (χ1) is 10.6. The van der Waals surface area contributed by atoms with E-state index in [1.54, 1.807) is 0 Å². The fourth-order valence-corrected chi connectivity index (χ4v) is 2.74. The molecule has 0 aliphatic carbocycles. The van der Waals surface area contributed by atoms with Crippen LogP contribution < -0.4 is 5.32 Å². The van der Waals surface area contributed by atoms with Crippen molar-refractivity contribution in [1.29, 1.82) is 0 Å². The average molecular weight is 304 g/mol. The second-order valence-electron chi connectivity index (χ2n) is 5.62. The Balaban J connectivity index is 1.92. The van der Waals surface area contributed by atoms with Crippen molar-refractivity contribution < 1.29 is 14.3 Å². The fourth-order valence-electron chi connectivity index (χ4n) is 2.74. The van der Waals surface area contributed by atoms with E-state index in [1.807, 2.05) is 44.2 Å². The second-order valence-corrected chi connectivity index (χ2v) is 5.62. The Hall–Kier alpha value is -1.88. The van der Waals surface area contributed by atoms with Crippen molar-refractivity contribution >= 4 is 17.6 Å². The molecule has 0 spiro atoms. The number of ether oxygens (including phenoxy) is 1. The number of benzene rings is 1. The Morgan fingerprint density at radius 3 is 2.77 bits per heavy atom. The molecule has 120 valence electrons. The molecule has 1 aromatic carbocycles. The van der Waals surface area contributed by atoms with Crippen LogP contribution >= 0.6 is 0 Å². The van der Waals surface area contributed by atoms with Gasteiger partial charge in [0, 0.05) is 12.2 Å². The van der Waals surface area contributed by atoms with Gasteiger partial charge >= 0.3 is 5.97 Å². The van der Waals surface area contributed by atoms with Gasteiger partial charge in [0.1, 0.15) is 0 Å². The lowest BCUT2D eigenvalue weighted by Crippen LogP contribution is -2.48. The lowest BCUT2D eigenvalue weighted by molar-refractivity contribution is -0.150. The van der Waals surface area contributed by atoms with Gasteiger partial charge in [-0.3, -0.25) is 14.5 Å². The van der Waals surface area contributed by atoms with Crippen molar-refractivity contribution in [3.8, 4) is 0 Å². The molecule has 1 saturated heterocycles. The highest BCUT2D eigenvalue weighted by Crippen LogP contribution is 2.20. The van der Waals surface area contributed by atoms with Gasteiger partial charge in [0.2, 0.25) is 5.91 Å². The maximum absolute atomic E-state index is 12.3. The predicted octanol–water partition coefficient (Wildman–Crippen LogP) is 2.29. The number of nitrogens with one attached hydrogen (secondary N) is 1. The van der Waals surface area contributed by atoms with E-state index in [0.717, 1.165) is 25.1 Å². The highest BCUT2D eigenvalue weighted by Gasteiger charge is 2.31. The monoisotopic (exact) mass is 304 g/mol. The molecule has 2 atom stereocenters. The van der Waals surface area contributed by atoms with Gasteiger partial charge in [-0.25, -0.2) is 0 Å². The maximum Gasteiger partial charge on any atom is 0.310 e. The topological polar surface area (TPSA) is 58.6 Å². The van der Waals surface area contributed by atoms with E-state index in [-0.39, 0.29) is 23.8 Å². The summed E-state index contributed by atoms with van der Waals surface area (Å²) in [5, 5.41) is 2.91. The molecule has 1 fully saturated rings. The summed E-state index contributed by atoms with van der Waals surface area (Å²) >= 11 is 0. The summed E-state index contributed by atoms with van der Waals surface area (Å²) in [4.78, 5) is 26.3. The van der Waals surface area contributed by atoms with Gasteiger partial charge in [-0.05, 0) is 45.4 Å². The molecule has 0 unspecified atom stereocenters. The number of esters is 1. The summed E-state index contributed by atoms with van der Waals surface area (Å²) in [7, 11) is 0. The largest absolute Gasteiger partial charge is 0.466 e. The third-order valence-corrected chi connectivity index (χ3v) is 4.04. The van der Waals surface area contributed by atoms with Crippen LogP contribution in [0.4, 0.5) is 5.69 Å². The number of amides is 1. The van der Waals surface area contributed by atoms with Crippen molar-refractivity contribution in [3.05, 3.63) is 30.3 Å². The highest BCUT2D eigenvalue weighted by molar-refractivity contribution is 5.94. The number of nitrogens with zero attached hydrogens (tertiary/aromatic N) is 1. The fraction of sp³-hybridized carbons (Fsp3) is 0.529. The van der Waals surface area contributed by atoms with Crippen LogP contribution in [0.25, 0.3) is 0 Å². The first-order valence-corrected chi connectivity index (χ1v) is 7.88. The van der Waals surface area contributed by atoms with Gasteiger partial charge in [-0.2, -0.15) is 0 Å². The molecule has 1 aliphatic rings. The average Bonchev–Trinajstić information content (AvgIpc) is 2.55. The van der Waals surface area contributed by atoms with E-state index < -0.39 is 0 Å². The zero-order valence-corrected chi connectivity index (χ0v) is 13.2. The number of rotatable bonds is 5. The molecule has 22 heavy (non-hydrogen) atoms. The summed E-state index contributed by atoms with van der Waals surface area (Å²) in [6, 6.07) is 9.14. The molecule has 1 aliphatic heterocycles. The van der Waals surface area contributed by atoms with Crippen LogP contribution in [0, 0.1) is 5.92 Å². The number of hydrogen-bond acceptors (Lipinski definition) is 4. The number of anilines is 1. The van der Waals surface area contributed by atoms with E-state index >= 15 is 0 Å². The van der Waals surface area contributed by atoms with Gasteiger partial charge < -0.3 is 10.1 Å². The Morgan fingerprint density at radius 2 is 2.09 bits per heavy atom.